The van der Waals surface area contributed by atoms with Crippen LogP contribution in [0, 0.1) is 11.8 Å². The van der Waals surface area contributed by atoms with Gasteiger partial charge in [-0.15, -0.1) is 0 Å². The van der Waals surface area contributed by atoms with Gasteiger partial charge in [0.1, 0.15) is 0 Å². The Morgan fingerprint density at radius 3 is 2.81 bits per heavy atom. The number of amides is 3. The van der Waals surface area contributed by atoms with Gasteiger partial charge in [-0.1, -0.05) is 42.8 Å². The van der Waals surface area contributed by atoms with Crippen LogP contribution in [0.1, 0.15) is 50.2 Å². The Hall–Kier alpha value is -3.24. The lowest BCUT2D eigenvalue weighted by molar-refractivity contribution is -0.139. The zero-order valence-electron chi connectivity index (χ0n) is 23.9. The van der Waals surface area contributed by atoms with Crippen molar-refractivity contribution in [2.45, 2.75) is 57.2 Å². The van der Waals surface area contributed by atoms with E-state index in [1.54, 1.807) is 47.1 Å². The number of aliphatic hydroxyl groups is 2. The molecule has 42 heavy (non-hydrogen) atoms. The molecule has 2 aromatic carbocycles. The molecule has 0 aliphatic carbocycles. The summed E-state index contributed by atoms with van der Waals surface area (Å²) in [6.07, 6.45) is 6.97. The van der Waals surface area contributed by atoms with E-state index in [2.05, 4.69) is 10.6 Å². The summed E-state index contributed by atoms with van der Waals surface area (Å²) in [4.78, 5) is 42.6. The van der Waals surface area contributed by atoms with Crippen LogP contribution in [0.3, 0.4) is 0 Å². The van der Waals surface area contributed by atoms with E-state index in [1.165, 1.54) is 0 Å². The second-order valence-electron chi connectivity index (χ2n) is 11.5. The van der Waals surface area contributed by atoms with Crippen molar-refractivity contribution in [1.29, 1.82) is 0 Å². The lowest BCUT2D eigenvalue weighted by Crippen LogP contribution is -2.44. The van der Waals surface area contributed by atoms with Gasteiger partial charge in [0.2, 0.25) is 11.8 Å². The Balaban J connectivity index is 1.32. The normalized spacial score (nSPS) is 24.7. The SMILES string of the molecule is C[C@H](/C=C/CC(=O)N1CCC[C@H]1CO)[C@@]1(O)C(=O)N(Cc2cccc(NC(=O)C3CCCNC3)c2)c2ccc(Cl)cc21. The fraction of sp³-hybridized carbons (Fsp3) is 0.469. The third-order valence-electron chi connectivity index (χ3n) is 8.72. The van der Waals surface area contributed by atoms with Gasteiger partial charge in [-0.25, -0.2) is 0 Å². The second kappa shape index (κ2) is 13.0. The molecule has 2 fully saturated rings. The summed E-state index contributed by atoms with van der Waals surface area (Å²) in [6, 6.07) is 12.3. The van der Waals surface area contributed by atoms with Crippen LogP contribution in [0.2, 0.25) is 5.02 Å². The van der Waals surface area contributed by atoms with Crippen molar-refractivity contribution in [3.8, 4) is 0 Å². The standard InChI is InChI=1S/C32H39ClN4O5/c1-21(6-2-11-29(39)36-15-5-10-26(36)20-38)32(42)27-17-24(33)12-13-28(27)37(31(32)41)19-22-7-3-9-25(16-22)35-30(40)23-8-4-14-34-18-23/h2-3,6-7,9,12-13,16-17,21,23,26,34,38,42H,4-5,8,10-11,14-15,18-20H2,1H3,(H,35,40)/b6-2+/t21-,23?,26+,32+/m1/s1. The van der Waals surface area contributed by atoms with Crippen molar-refractivity contribution in [2.24, 2.45) is 11.8 Å². The summed E-state index contributed by atoms with van der Waals surface area (Å²) < 4.78 is 0. The molecule has 0 bridgehead atoms. The van der Waals surface area contributed by atoms with Gasteiger partial charge in [0.25, 0.3) is 5.91 Å². The summed E-state index contributed by atoms with van der Waals surface area (Å²) in [6.45, 7) is 4.10. The van der Waals surface area contributed by atoms with E-state index < -0.39 is 17.4 Å². The van der Waals surface area contributed by atoms with E-state index in [0.29, 0.717) is 35.1 Å². The first kappa shape index (κ1) is 30.2. The fourth-order valence-electron chi connectivity index (χ4n) is 6.31. The molecule has 0 aromatic heterocycles. The number of benzene rings is 2. The average molecular weight is 595 g/mol. The number of likely N-dealkylation sites (tertiary alicyclic amines) is 1. The van der Waals surface area contributed by atoms with Crippen molar-refractivity contribution < 1.29 is 24.6 Å². The van der Waals surface area contributed by atoms with Crippen LogP contribution in [-0.2, 0) is 26.5 Å². The van der Waals surface area contributed by atoms with Crippen LogP contribution in [0.5, 0.6) is 0 Å². The average Bonchev–Trinajstić information content (AvgIpc) is 3.56. The maximum atomic E-state index is 13.9. The van der Waals surface area contributed by atoms with Crippen LogP contribution < -0.4 is 15.5 Å². The third-order valence-corrected chi connectivity index (χ3v) is 8.95. The van der Waals surface area contributed by atoms with Gasteiger partial charge in [0.05, 0.1) is 30.8 Å². The molecule has 2 saturated heterocycles. The minimum atomic E-state index is -1.87. The molecule has 2 aromatic rings. The number of aliphatic hydroxyl groups excluding tert-OH is 1. The fourth-order valence-corrected chi connectivity index (χ4v) is 6.48. The van der Waals surface area contributed by atoms with E-state index >= 15 is 0 Å². The number of piperidine rings is 1. The molecule has 9 nitrogen and oxygen atoms in total. The maximum Gasteiger partial charge on any atom is 0.264 e. The topological polar surface area (TPSA) is 122 Å². The number of hydrogen-bond donors (Lipinski definition) is 4. The second-order valence-corrected chi connectivity index (χ2v) is 12.0. The van der Waals surface area contributed by atoms with Crippen LogP contribution in [0.15, 0.2) is 54.6 Å². The van der Waals surface area contributed by atoms with Crippen molar-refractivity contribution >= 4 is 40.7 Å². The summed E-state index contributed by atoms with van der Waals surface area (Å²) in [5.74, 6) is -1.32. The molecule has 3 amide bonds. The molecular formula is C32H39ClN4O5. The molecule has 10 heteroatoms. The third kappa shape index (κ3) is 6.10. The Morgan fingerprint density at radius 1 is 1.21 bits per heavy atom. The number of nitrogens with one attached hydrogen (secondary N) is 2. The van der Waals surface area contributed by atoms with Crippen molar-refractivity contribution in [3.63, 3.8) is 0 Å². The molecule has 3 heterocycles. The number of halogens is 1. The molecule has 0 spiro atoms. The molecule has 1 unspecified atom stereocenters. The first-order valence-electron chi connectivity index (χ1n) is 14.7. The molecule has 224 valence electrons. The first-order chi connectivity index (χ1) is 20.2. The van der Waals surface area contributed by atoms with Crippen LogP contribution in [-0.4, -0.2) is 65.1 Å². The Labute approximate surface area is 251 Å². The predicted octanol–water partition coefficient (Wildman–Crippen LogP) is 3.58. The summed E-state index contributed by atoms with van der Waals surface area (Å²) in [5.41, 5.74) is 0.557. The molecule has 4 atom stereocenters. The summed E-state index contributed by atoms with van der Waals surface area (Å²) in [5, 5.41) is 28.1. The maximum absolute atomic E-state index is 13.9. The highest BCUT2D eigenvalue weighted by Gasteiger charge is 2.52. The highest BCUT2D eigenvalue weighted by molar-refractivity contribution is 6.31. The van der Waals surface area contributed by atoms with E-state index in [0.717, 1.165) is 37.8 Å². The Bertz CT molecular complexity index is 1360. The quantitative estimate of drug-likeness (QED) is 0.329. The van der Waals surface area contributed by atoms with E-state index in [-0.39, 0.29) is 43.3 Å². The number of carbonyl (C=O) groups is 3. The number of carbonyl (C=O) groups excluding carboxylic acids is 3. The zero-order valence-corrected chi connectivity index (χ0v) is 24.6. The molecule has 3 aliphatic heterocycles. The minimum Gasteiger partial charge on any atom is -0.394 e. The monoisotopic (exact) mass is 594 g/mol. The molecular weight excluding hydrogens is 556 g/mol. The lowest BCUT2D eigenvalue weighted by Gasteiger charge is -2.28. The van der Waals surface area contributed by atoms with Gasteiger partial charge in [0, 0.05) is 41.7 Å². The number of fused-ring (bicyclic) bond motifs is 1. The Morgan fingerprint density at radius 2 is 2.05 bits per heavy atom. The first-order valence-corrected chi connectivity index (χ1v) is 15.1. The van der Waals surface area contributed by atoms with E-state index in [1.807, 2.05) is 24.3 Å². The smallest absolute Gasteiger partial charge is 0.264 e. The van der Waals surface area contributed by atoms with Gasteiger partial charge in [-0.3, -0.25) is 14.4 Å². The van der Waals surface area contributed by atoms with Crippen LogP contribution in [0.4, 0.5) is 11.4 Å². The molecule has 3 aliphatic rings. The number of anilines is 2. The predicted molar refractivity (Wildman–Crippen MR) is 162 cm³/mol. The van der Waals surface area contributed by atoms with Gasteiger partial charge in [0.15, 0.2) is 5.60 Å². The number of nitrogens with zero attached hydrogens (tertiary/aromatic N) is 2. The number of hydrogen-bond acceptors (Lipinski definition) is 6. The molecule has 0 saturated carbocycles. The van der Waals surface area contributed by atoms with Crippen molar-refractivity contribution in [1.82, 2.24) is 10.2 Å². The minimum absolute atomic E-state index is 0.0262. The Kier molecular flexibility index (Phi) is 9.32. The molecule has 0 radical (unpaired) electrons. The molecule has 5 rings (SSSR count). The van der Waals surface area contributed by atoms with Crippen LogP contribution in [0.25, 0.3) is 0 Å². The number of rotatable bonds is 9. The van der Waals surface area contributed by atoms with E-state index in [4.69, 9.17) is 11.6 Å². The lowest BCUT2D eigenvalue weighted by atomic mass is 9.83. The highest BCUT2D eigenvalue weighted by atomic mass is 35.5. The van der Waals surface area contributed by atoms with Crippen LogP contribution >= 0.6 is 11.6 Å². The zero-order chi connectivity index (χ0) is 29.9. The van der Waals surface area contributed by atoms with Gasteiger partial charge < -0.3 is 30.6 Å². The van der Waals surface area contributed by atoms with E-state index in [9.17, 15) is 24.6 Å². The van der Waals surface area contributed by atoms with Crippen molar-refractivity contribution in [2.75, 3.05) is 36.5 Å². The highest BCUT2D eigenvalue weighted by Crippen LogP contribution is 2.46. The van der Waals surface area contributed by atoms with Crippen molar-refractivity contribution in [3.05, 3.63) is 70.8 Å². The van der Waals surface area contributed by atoms with Gasteiger partial charge in [-0.05, 0) is 68.1 Å². The summed E-state index contributed by atoms with van der Waals surface area (Å²) in [7, 11) is 0. The largest absolute Gasteiger partial charge is 0.394 e. The van der Waals surface area contributed by atoms with Gasteiger partial charge in [-0.2, -0.15) is 0 Å². The molecule has 4 N–H and O–H groups in total. The summed E-state index contributed by atoms with van der Waals surface area (Å²) >= 11 is 6.32. The van der Waals surface area contributed by atoms with Gasteiger partial charge >= 0.3 is 0 Å².